The van der Waals surface area contributed by atoms with Gasteiger partial charge >= 0.3 is 11.8 Å². The van der Waals surface area contributed by atoms with Gasteiger partial charge in [-0.2, -0.15) is 0 Å². The summed E-state index contributed by atoms with van der Waals surface area (Å²) in [5.41, 5.74) is 3.10. The van der Waals surface area contributed by atoms with Crippen molar-refractivity contribution in [3.05, 3.63) is 65.2 Å². The summed E-state index contributed by atoms with van der Waals surface area (Å²) >= 11 is 0. The molecule has 0 fully saturated rings. The summed E-state index contributed by atoms with van der Waals surface area (Å²) in [6, 6.07) is 15.4. The van der Waals surface area contributed by atoms with Gasteiger partial charge in [0, 0.05) is 13.1 Å². The van der Waals surface area contributed by atoms with Crippen molar-refractivity contribution < 1.29 is 14.3 Å². The summed E-state index contributed by atoms with van der Waals surface area (Å²) in [5, 5.41) is 5.25. The number of aryl methyl sites for hydroxylation is 1. The molecule has 0 radical (unpaired) electrons. The molecule has 0 aromatic heterocycles. The zero-order valence-corrected chi connectivity index (χ0v) is 15.5. The molecule has 0 saturated carbocycles. The average Bonchev–Trinajstić information content (AvgIpc) is 2.65. The first-order valence-electron chi connectivity index (χ1n) is 8.87. The minimum atomic E-state index is -0.641. The number of benzene rings is 2. The van der Waals surface area contributed by atoms with Gasteiger partial charge in [-0.15, -0.1) is 0 Å². The van der Waals surface area contributed by atoms with Gasteiger partial charge in [-0.25, -0.2) is 0 Å². The fourth-order valence-corrected chi connectivity index (χ4v) is 2.38. The second-order valence-electron chi connectivity index (χ2n) is 6.35. The molecule has 0 atom stereocenters. The van der Waals surface area contributed by atoms with Crippen molar-refractivity contribution in [2.24, 2.45) is 0 Å². The molecule has 2 aromatic carbocycles. The molecule has 138 valence electrons. The van der Waals surface area contributed by atoms with E-state index in [-0.39, 0.29) is 6.10 Å². The number of ether oxygens (including phenoxy) is 1. The standard InChI is InChI=1S/C21H26N2O3/c1-4-16-5-7-17(8-6-16)13-22-20(24)21(25)23-14-18-9-11-19(12-10-18)26-15(2)3/h5-12,15H,4,13-14H2,1-3H3,(H,22,24)(H,23,25). The van der Waals surface area contributed by atoms with E-state index in [4.69, 9.17) is 4.74 Å². The third-order valence-electron chi connectivity index (χ3n) is 3.84. The van der Waals surface area contributed by atoms with Crippen LogP contribution in [0.5, 0.6) is 5.75 Å². The van der Waals surface area contributed by atoms with Crippen LogP contribution in [0.2, 0.25) is 0 Å². The molecule has 0 aliphatic rings. The molecule has 0 saturated heterocycles. The highest BCUT2D eigenvalue weighted by Gasteiger charge is 2.12. The summed E-state index contributed by atoms with van der Waals surface area (Å²) in [4.78, 5) is 23.8. The number of nitrogens with one attached hydrogen (secondary N) is 2. The van der Waals surface area contributed by atoms with E-state index in [9.17, 15) is 9.59 Å². The summed E-state index contributed by atoms with van der Waals surface area (Å²) in [6.07, 6.45) is 1.09. The first-order chi connectivity index (χ1) is 12.5. The van der Waals surface area contributed by atoms with Crippen LogP contribution in [0.25, 0.3) is 0 Å². The van der Waals surface area contributed by atoms with Crippen molar-refractivity contribution in [1.82, 2.24) is 10.6 Å². The predicted octanol–water partition coefficient (Wildman–Crippen LogP) is 2.97. The van der Waals surface area contributed by atoms with Gasteiger partial charge < -0.3 is 15.4 Å². The Morgan fingerprint density at radius 1 is 0.808 bits per heavy atom. The summed E-state index contributed by atoms with van der Waals surface area (Å²) in [5.74, 6) is -0.496. The lowest BCUT2D eigenvalue weighted by molar-refractivity contribution is -0.139. The van der Waals surface area contributed by atoms with Crippen molar-refractivity contribution in [3.8, 4) is 5.75 Å². The van der Waals surface area contributed by atoms with E-state index in [0.717, 1.165) is 23.3 Å². The van der Waals surface area contributed by atoms with Gasteiger partial charge in [-0.05, 0) is 49.1 Å². The molecule has 2 aromatic rings. The molecule has 0 aliphatic carbocycles. The normalized spacial score (nSPS) is 10.5. The molecule has 0 heterocycles. The molecule has 0 unspecified atom stereocenters. The van der Waals surface area contributed by atoms with E-state index in [1.807, 2.05) is 62.4 Å². The predicted molar refractivity (Wildman–Crippen MR) is 102 cm³/mol. The second kappa shape index (κ2) is 9.61. The van der Waals surface area contributed by atoms with Crippen LogP contribution in [-0.4, -0.2) is 17.9 Å². The van der Waals surface area contributed by atoms with Crippen molar-refractivity contribution in [2.45, 2.75) is 46.4 Å². The number of hydrogen-bond donors (Lipinski definition) is 2. The SMILES string of the molecule is CCc1ccc(CNC(=O)C(=O)NCc2ccc(OC(C)C)cc2)cc1. The van der Waals surface area contributed by atoms with Gasteiger partial charge in [0.2, 0.25) is 0 Å². The fourth-order valence-electron chi connectivity index (χ4n) is 2.38. The van der Waals surface area contributed by atoms with Crippen molar-refractivity contribution in [1.29, 1.82) is 0 Å². The van der Waals surface area contributed by atoms with Gasteiger partial charge in [0.1, 0.15) is 5.75 Å². The average molecular weight is 354 g/mol. The van der Waals surface area contributed by atoms with Gasteiger partial charge in [0.15, 0.2) is 0 Å². The lowest BCUT2D eigenvalue weighted by Gasteiger charge is -2.10. The van der Waals surface area contributed by atoms with E-state index in [1.54, 1.807) is 0 Å². The molecule has 0 bridgehead atoms. The highest BCUT2D eigenvalue weighted by atomic mass is 16.5. The van der Waals surface area contributed by atoms with Crippen LogP contribution in [0, 0.1) is 0 Å². The zero-order chi connectivity index (χ0) is 18.9. The first kappa shape index (κ1) is 19.5. The van der Waals surface area contributed by atoms with Crippen LogP contribution in [0.15, 0.2) is 48.5 Å². The lowest BCUT2D eigenvalue weighted by Crippen LogP contribution is -2.39. The maximum atomic E-state index is 11.9. The summed E-state index contributed by atoms with van der Waals surface area (Å²) in [6.45, 7) is 6.64. The summed E-state index contributed by atoms with van der Waals surface area (Å²) in [7, 11) is 0. The molecular formula is C21H26N2O3. The third kappa shape index (κ3) is 6.24. The Hall–Kier alpha value is -2.82. The Bertz CT molecular complexity index is 722. The number of amides is 2. The fraction of sp³-hybridized carbons (Fsp3) is 0.333. The van der Waals surface area contributed by atoms with Crippen LogP contribution in [0.3, 0.4) is 0 Å². The monoisotopic (exact) mass is 354 g/mol. The number of rotatable bonds is 7. The quantitative estimate of drug-likeness (QED) is 0.751. The number of hydrogen-bond acceptors (Lipinski definition) is 3. The van der Waals surface area contributed by atoms with Crippen LogP contribution >= 0.6 is 0 Å². The van der Waals surface area contributed by atoms with Gasteiger partial charge in [0.05, 0.1) is 6.10 Å². The Balaban J connectivity index is 1.76. The number of carbonyl (C=O) groups is 2. The van der Waals surface area contributed by atoms with Gasteiger partial charge in [0.25, 0.3) is 0 Å². The highest BCUT2D eigenvalue weighted by Crippen LogP contribution is 2.13. The maximum absolute atomic E-state index is 11.9. The molecule has 5 nitrogen and oxygen atoms in total. The largest absolute Gasteiger partial charge is 0.491 e. The van der Waals surface area contributed by atoms with E-state index in [1.165, 1.54) is 5.56 Å². The van der Waals surface area contributed by atoms with Crippen LogP contribution in [0.4, 0.5) is 0 Å². The molecule has 26 heavy (non-hydrogen) atoms. The van der Waals surface area contributed by atoms with Gasteiger partial charge in [-0.3, -0.25) is 9.59 Å². The Kier molecular flexibility index (Phi) is 7.21. The zero-order valence-electron chi connectivity index (χ0n) is 15.5. The van der Waals surface area contributed by atoms with Crippen molar-refractivity contribution in [2.75, 3.05) is 0 Å². The molecular weight excluding hydrogens is 328 g/mol. The summed E-state index contributed by atoms with van der Waals surface area (Å²) < 4.78 is 5.57. The minimum Gasteiger partial charge on any atom is -0.491 e. The number of carbonyl (C=O) groups excluding carboxylic acids is 2. The first-order valence-corrected chi connectivity index (χ1v) is 8.87. The minimum absolute atomic E-state index is 0.113. The molecule has 5 heteroatoms. The highest BCUT2D eigenvalue weighted by molar-refractivity contribution is 6.35. The van der Waals surface area contributed by atoms with E-state index < -0.39 is 11.8 Å². The maximum Gasteiger partial charge on any atom is 0.309 e. The smallest absolute Gasteiger partial charge is 0.309 e. The molecule has 0 spiro atoms. The molecule has 2 amide bonds. The second-order valence-corrected chi connectivity index (χ2v) is 6.35. The Morgan fingerprint density at radius 3 is 1.65 bits per heavy atom. The van der Waals surface area contributed by atoms with Gasteiger partial charge in [-0.1, -0.05) is 43.3 Å². The van der Waals surface area contributed by atoms with E-state index >= 15 is 0 Å². The van der Waals surface area contributed by atoms with E-state index in [0.29, 0.717) is 13.1 Å². The molecule has 0 aliphatic heterocycles. The van der Waals surface area contributed by atoms with Crippen molar-refractivity contribution >= 4 is 11.8 Å². The lowest BCUT2D eigenvalue weighted by atomic mass is 10.1. The molecule has 2 rings (SSSR count). The van der Waals surface area contributed by atoms with Crippen LogP contribution in [0.1, 0.15) is 37.5 Å². The topological polar surface area (TPSA) is 67.4 Å². The Labute approximate surface area is 154 Å². The Morgan fingerprint density at radius 2 is 1.23 bits per heavy atom. The third-order valence-corrected chi connectivity index (χ3v) is 3.84. The van der Waals surface area contributed by atoms with Crippen LogP contribution < -0.4 is 15.4 Å². The molecule has 2 N–H and O–H groups in total. The van der Waals surface area contributed by atoms with E-state index in [2.05, 4.69) is 17.6 Å². The van der Waals surface area contributed by atoms with Crippen LogP contribution in [-0.2, 0) is 29.1 Å². The van der Waals surface area contributed by atoms with Crippen molar-refractivity contribution in [3.63, 3.8) is 0 Å².